The summed E-state index contributed by atoms with van der Waals surface area (Å²) in [5, 5.41) is 8.73. The number of carbonyl (C=O) groups excluding carboxylic acids is 1. The fraction of sp³-hybridized carbons (Fsp3) is 0.222. The van der Waals surface area contributed by atoms with E-state index in [1.807, 2.05) is 42.5 Å². The SMILES string of the molecule is NC(=O)COc1ccc(CCCC(=O)O)cc1-c1ccccc1. The second-order valence-corrected chi connectivity index (χ2v) is 5.20. The minimum atomic E-state index is -0.797. The summed E-state index contributed by atoms with van der Waals surface area (Å²) in [6.45, 7) is -0.182. The Morgan fingerprint density at radius 2 is 1.83 bits per heavy atom. The maximum Gasteiger partial charge on any atom is 0.303 e. The Labute approximate surface area is 134 Å². The van der Waals surface area contributed by atoms with Crippen LogP contribution in [0.5, 0.6) is 5.75 Å². The molecule has 0 fully saturated rings. The minimum absolute atomic E-state index is 0.139. The van der Waals surface area contributed by atoms with Gasteiger partial charge in [0.1, 0.15) is 5.75 Å². The lowest BCUT2D eigenvalue weighted by atomic mass is 9.99. The Kier molecular flexibility index (Phi) is 5.74. The number of aliphatic carboxylic acids is 1. The van der Waals surface area contributed by atoms with Crippen molar-refractivity contribution >= 4 is 11.9 Å². The molecule has 0 atom stereocenters. The number of aryl methyl sites for hydroxylation is 1. The molecule has 0 radical (unpaired) electrons. The Hall–Kier alpha value is -2.82. The molecular formula is C18H19NO4. The first-order chi connectivity index (χ1) is 11.1. The smallest absolute Gasteiger partial charge is 0.303 e. The topological polar surface area (TPSA) is 89.6 Å². The van der Waals surface area contributed by atoms with Gasteiger partial charge in [0.05, 0.1) is 0 Å². The van der Waals surface area contributed by atoms with Crippen molar-refractivity contribution in [1.29, 1.82) is 0 Å². The number of amides is 1. The Morgan fingerprint density at radius 3 is 2.48 bits per heavy atom. The highest BCUT2D eigenvalue weighted by Gasteiger charge is 2.09. The van der Waals surface area contributed by atoms with Crippen LogP contribution < -0.4 is 10.5 Å². The fourth-order valence-corrected chi connectivity index (χ4v) is 2.29. The summed E-state index contributed by atoms with van der Waals surface area (Å²) in [5.74, 6) is -0.749. The Bertz CT molecular complexity index is 683. The molecule has 3 N–H and O–H groups in total. The summed E-state index contributed by atoms with van der Waals surface area (Å²) < 4.78 is 5.48. The van der Waals surface area contributed by atoms with Crippen LogP contribution in [-0.4, -0.2) is 23.6 Å². The number of nitrogens with two attached hydrogens (primary N) is 1. The molecule has 0 saturated heterocycles. The van der Waals surface area contributed by atoms with E-state index in [-0.39, 0.29) is 13.0 Å². The highest BCUT2D eigenvalue weighted by molar-refractivity contribution is 5.76. The molecule has 2 aromatic carbocycles. The summed E-state index contributed by atoms with van der Waals surface area (Å²) >= 11 is 0. The standard InChI is InChI=1S/C18H19NO4/c19-17(20)12-23-16-10-9-13(5-4-8-18(21)22)11-15(16)14-6-2-1-3-7-14/h1-3,6-7,9-11H,4-5,8,12H2,(H2,19,20)(H,21,22). The van der Waals surface area contributed by atoms with E-state index in [4.69, 9.17) is 15.6 Å². The average molecular weight is 313 g/mol. The van der Waals surface area contributed by atoms with Crippen LogP contribution in [0.15, 0.2) is 48.5 Å². The molecule has 0 unspecified atom stereocenters. The third-order valence-electron chi connectivity index (χ3n) is 3.35. The molecule has 0 saturated carbocycles. The van der Waals surface area contributed by atoms with Gasteiger partial charge in [0.2, 0.25) is 0 Å². The van der Waals surface area contributed by atoms with Gasteiger partial charge in [-0.05, 0) is 36.1 Å². The largest absolute Gasteiger partial charge is 0.483 e. The molecule has 2 aromatic rings. The van der Waals surface area contributed by atoms with Crippen molar-refractivity contribution in [2.45, 2.75) is 19.3 Å². The van der Waals surface area contributed by atoms with Gasteiger partial charge in [-0.3, -0.25) is 9.59 Å². The molecule has 0 aliphatic heterocycles. The van der Waals surface area contributed by atoms with Crippen molar-refractivity contribution < 1.29 is 19.4 Å². The van der Waals surface area contributed by atoms with E-state index in [0.29, 0.717) is 18.6 Å². The minimum Gasteiger partial charge on any atom is -0.483 e. The lowest BCUT2D eigenvalue weighted by molar-refractivity contribution is -0.137. The van der Waals surface area contributed by atoms with Crippen molar-refractivity contribution in [2.24, 2.45) is 5.73 Å². The average Bonchev–Trinajstić information content (AvgIpc) is 2.54. The zero-order valence-electron chi connectivity index (χ0n) is 12.7. The van der Waals surface area contributed by atoms with Crippen LogP contribution in [-0.2, 0) is 16.0 Å². The summed E-state index contributed by atoms with van der Waals surface area (Å²) in [6.07, 6.45) is 1.38. The molecule has 5 heteroatoms. The number of carbonyl (C=O) groups is 2. The number of rotatable bonds is 8. The summed E-state index contributed by atoms with van der Waals surface area (Å²) in [5.41, 5.74) is 7.98. The number of carboxylic acids is 1. The van der Waals surface area contributed by atoms with Crippen LogP contribution in [0.2, 0.25) is 0 Å². The molecule has 5 nitrogen and oxygen atoms in total. The number of hydrogen-bond donors (Lipinski definition) is 2. The first-order valence-electron chi connectivity index (χ1n) is 7.37. The van der Waals surface area contributed by atoms with Gasteiger partial charge in [-0.1, -0.05) is 36.4 Å². The number of benzene rings is 2. The van der Waals surface area contributed by atoms with E-state index < -0.39 is 11.9 Å². The van der Waals surface area contributed by atoms with Crippen molar-refractivity contribution in [3.05, 3.63) is 54.1 Å². The van der Waals surface area contributed by atoms with Crippen molar-refractivity contribution in [3.63, 3.8) is 0 Å². The van der Waals surface area contributed by atoms with E-state index in [1.165, 1.54) is 0 Å². The zero-order chi connectivity index (χ0) is 16.7. The molecule has 1 amide bonds. The predicted molar refractivity (Wildman–Crippen MR) is 87.1 cm³/mol. The van der Waals surface area contributed by atoms with E-state index in [0.717, 1.165) is 16.7 Å². The maximum atomic E-state index is 10.9. The molecule has 0 aliphatic carbocycles. The van der Waals surface area contributed by atoms with Crippen LogP contribution in [0.1, 0.15) is 18.4 Å². The van der Waals surface area contributed by atoms with E-state index in [1.54, 1.807) is 6.07 Å². The molecule has 120 valence electrons. The van der Waals surface area contributed by atoms with Crippen molar-refractivity contribution in [3.8, 4) is 16.9 Å². The van der Waals surface area contributed by atoms with Gasteiger partial charge in [-0.2, -0.15) is 0 Å². The fourth-order valence-electron chi connectivity index (χ4n) is 2.29. The van der Waals surface area contributed by atoms with Crippen LogP contribution in [0.25, 0.3) is 11.1 Å². The molecule has 0 aromatic heterocycles. The van der Waals surface area contributed by atoms with E-state index in [9.17, 15) is 9.59 Å². The van der Waals surface area contributed by atoms with Gasteiger partial charge in [0.25, 0.3) is 5.91 Å². The summed E-state index contributed by atoms with van der Waals surface area (Å²) in [6, 6.07) is 15.3. The Morgan fingerprint density at radius 1 is 1.09 bits per heavy atom. The number of ether oxygens (including phenoxy) is 1. The van der Waals surface area contributed by atoms with Gasteiger partial charge in [-0.25, -0.2) is 0 Å². The van der Waals surface area contributed by atoms with Gasteiger partial charge in [0, 0.05) is 12.0 Å². The van der Waals surface area contributed by atoms with Gasteiger partial charge >= 0.3 is 5.97 Å². The van der Waals surface area contributed by atoms with Gasteiger partial charge < -0.3 is 15.6 Å². The molecule has 2 rings (SSSR count). The zero-order valence-corrected chi connectivity index (χ0v) is 12.7. The quantitative estimate of drug-likeness (QED) is 0.784. The first-order valence-corrected chi connectivity index (χ1v) is 7.37. The van der Waals surface area contributed by atoms with E-state index in [2.05, 4.69) is 0 Å². The molecule has 0 spiro atoms. The third kappa shape index (κ3) is 5.14. The summed E-state index contributed by atoms with van der Waals surface area (Å²) in [7, 11) is 0. The first kappa shape index (κ1) is 16.5. The lowest BCUT2D eigenvalue weighted by Crippen LogP contribution is -2.20. The molecular weight excluding hydrogens is 294 g/mol. The monoisotopic (exact) mass is 313 g/mol. The molecule has 0 aliphatic rings. The second kappa shape index (κ2) is 7.98. The summed E-state index contributed by atoms with van der Waals surface area (Å²) in [4.78, 5) is 21.6. The highest BCUT2D eigenvalue weighted by atomic mass is 16.5. The second-order valence-electron chi connectivity index (χ2n) is 5.20. The maximum absolute atomic E-state index is 10.9. The van der Waals surface area contributed by atoms with Gasteiger partial charge in [-0.15, -0.1) is 0 Å². The lowest BCUT2D eigenvalue weighted by Gasteiger charge is -2.12. The van der Waals surface area contributed by atoms with Crippen LogP contribution in [0.4, 0.5) is 0 Å². The number of primary amides is 1. The van der Waals surface area contributed by atoms with Crippen LogP contribution in [0.3, 0.4) is 0 Å². The Balaban J connectivity index is 2.25. The van der Waals surface area contributed by atoms with Crippen LogP contribution >= 0.6 is 0 Å². The van der Waals surface area contributed by atoms with Crippen LogP contribution in [0, 0.1) is 0 Å². The normalized spacial score (nSPS) is 10.3. The molecule has 23 heavy (non-hydrogen) atoms. The highest BCUT2D eigenvalue weighted by Crippen LogP contribution is 2.31. The molecule has 0 bridgehead atoms. The number of hydrogen-bond acceptors (Lipinski definition) is 3. The molecule has 0 heterocycles. The third-order valence-corrected chi connectivity index (χ3v) is 3.35. The van der Waals surface area contributed by atoms with Gasteiger partial charge in [0.15, 0.2) is 6.61 Å². The van der Waals surface area contributed by atoms with Crippen molar-refractivity contribution in [2.75, 3.05) is 6.61 Å². The van der Waals surface area contributed by atoms with E-state index >= 15 is 0 Å². The number of carboxylic acid groups (broad SMARTS) is 1. The predicted octanol–water partition coefficient (Wildman–Crippen LogP) is 2.63. The van der Waals surface area contributed by atoms with Crippen molar-refractivity contribution in [1.82, 2.24) is 0 Å².